The summed E-state index contributed by atoms with van der Waals surface area (Å²) in [5.74, 6) is 0. The molecule has 0 bridgehead atoms. The van der Waals surface area contributed by atoms with Gasteiger partial charge in [0.05, 0.1) is 12.2 Å². The molecule has 0 unspecified atom stereocenters. The summed E-state index contributed by atoms with van der Waals surface area (Å²) >= 11 is 0. The Morgan fingerprint density at radius 3 is 1.89 bits per heavy atom. The summed E-state index contributed by atoms with van der Waals surface area (Å²) in [6.45, 7) is 21.4. The molecule has 1 rings (SSSR count). The summed E-state index contributed by atoms with van der Waals surface area (Å²) in [7, 11) is -1.64. The van der Waals surface area contributed by atoms with Crippen molar-refractivity contribution in [3.63, 3.8) is 0 Å². The van der Waals surface area contributed by atoms with Gasteiger partial charge in [-0.25, -0.2) is 0 Å². The molecule has 0 aromatic rings. The molecule has 0 saturated carbocycles. The van der Waals surface area contributed by atoms with Gasteiger partial charge in [0, 0.05) is 18.4 Å². The summed E-state index contributed by atoms with van der Waals surface area (Å²) in [4.78, 5) is 0. The third kappa shape index (κ3) is 8.97. The van der Waals surface area contributed by atoms with E-state index in [-0.39, 0.29) is 16.7 Å². The largest absolute Gasteiger partial charge is 0.417 e. The van der Waals surface area contributed by atoms with E-state index in [9.17, 15) is 0 Å². The third-order valence-corrected chi connectivity index (χ3v) is 10.7. The van der Waals surface area contributed by atoms with Gasteiger partial charge in [0.2, 0.25) is 0 Å². The molecule has 0 aromatic carbocycles. The second-order valence-corrected chi connectivity index (χ2v) is 15.9. The van der Waals surface area contributed by atoms with E-state index < -0.39 is 8.32 Å². The molecule has 1 fully saturated rings. The molecule has 27 heavy (non-hydrogen) atoms. The fourth-order valence-corrected chi connectivity index (χ4v) is 4.31. The van der Waals surface area contributed by atoms with E-state index in [1.165, 1.54) is 32.1 Å². The summed E-state index contributed by atoms with van der Waals surface area (Å²) < 4.78 is 19.0. The van der Waals surface area contributed by atoms with E-state index >= 15 is 0 Å². The summed E-state index contributed by atoms with van der Waals surface area (Å²) in [6, 6.07) is 0. The molecule has 0 radical (unpaired) electrons. The first kappa shape index (κ1) is 25.1. The Kier molecular flexibility index (Phi) is 10.0. The molecule has 0 spiro atoms. The maximum atomic E-state index is 6.35. The summed E-state index contributed by atoms with van der Waals surface area (Å²) in [6.07, 6.45) is 10.2. The van der Waals surface area contributed by atoms with Crippen molar-refractivity contribution in [2.45, 2.75) is 136 Å². The second-order valence-electron chi connectivity index (χ2n) is 11.1. The van der Waals surface area contributed by atoms with E-state index in [0.717, 1.165) is 25.9 Å². The van der Waals surface area contributed by atoms with Gasteiger partial charge in [0.25, 0.3) is 0 Å². The maximum Gasteiger partial charge on any atom is 0.191 e. The van der Waals surface area contributed by atoms with Crippen LogP contribution in [0.5, 0.6) is 0 Å². The Morgan fingerprint density at radius 2 is 1.41 bits per heavy atom. The molecule has 0 aliphatic carbocycles. The number of rotatable bonds is 10. The van der Waals surface area contributed by atoms with Crippen molar-refractivity contribution in [1.82, 2.24) is 0 Å². The molecular weight excluding hydrogens is 352 g/mol. The van der Waals surface area contributed by atoms with Gasteiger partial charge < -0.3 is 13.9 Å². The Labute approximate surface area is 171 Å². The van der Waals surface area contributed by atoms with Crippen LogP contribution in [-0.2, 0) is 13.9 Å². The molecule has 0 amide bonds. The fourth-order valence-electron chi connectivity index (χ4n) is 3.22. The smallest absolute Gasteiger partial charge is 0.191 e. The van der Waals surface area contributed by atoms with Crippen LogP contribution in [-0.4, -0.2) is 33.4 Å². The monoisotopic (exact) mass is 400 g/mol. The Hall–Kier alpha value is 0.0969. The van der Waals surface area contributed by atoms with Crippen LogP contribution in [0.2, 0.25) is 18.1 Å². The summed E-state index contributed by atoms with van der Waals surface area (Å²) in [5, 5.41) is 0.281. The minimum Gasteiger partial charge on any atom is -0.417 e. The van der Waals surface area contributed by atoms with Crippen molar-refractivity contribution in [3.8, 4) is 0 Å². The molecule has 1 saturated heterocycles. The fraction of sp³-hybridized carbons (Fsp3) is 1.00. The highest BCUT2D eigenvalue weighted by molar-refractivity contribution is 6.74. The summed E-state index contributed by atoms with van der Waals surface area (Å²) in [5.41, 5.74) is 0.0258. The lowest BCUT2D eigenvalue weighted by Crippen LogP contribution is -2.45. The van der Waals surface area contributed by atoms with Crippen LogP contribution in [0.3, 0.4) is 0 Å². The molecule has 1 aliphatic rings. The van der Waals surface area contributed by atoms with Gasteiger partial charge in [-0.05, 0) is 37.4 Å². The van der Waals surface area contributed by atoms with Crippen molar-refractivity contribution >= 4 is 8.32 Å². The van der Waals surface area contributed by atoms with Crippen molar-refractivity contribution < 1.29 is 13.9 Å². The zero-order chi connectivity index (χ0) is 20.7. The molecule has 3 nitrogen and oxygen atoms in total. The van der Waals surface area contributed by atoms with Crippen LogP contribution < -0.4 is 0 Å². The van der Waals surface area contributed by atoms with Crippen molar-refractivity contribution in [1.29, 1.82) is 0 Å². The van der Waals surface area contributed by atoms with Crippen LogP contribution in [0, 0.1) is 5.41 Å². The highest BCUT2D eigenvalue weighted by atomic mass is 28.4. The minimum atomic E-state index is -1.64. The lowest BCUT2D eigenvalue weighted by Gasteiger charge is -2.42. The lowest BCUT2D eigenvalue weighted by atomic mass is 9.93. The lowest BCUT2D eigenvalue weighted by molar-refractivity contribution is -0.281. The highest BCUT2D eigenvalue weighted by Crippen LogP contribution is 2.37. The van der Waals surface area contributed by atoms with Gasteiger partial charge in [-0.3, -0.25) is 0 Å². The first-order chi connectivity index (χ1) is 12.4. The van der Waals surface area contributed by atoms with E-state index in [0.29, 0.717) is 12.2 Å². The van der Waals surface area contributed by atoms with Crippen LogP contribution in [0.4, 0.5) is 0 Å². The molecule has 4 heteroatoms. The SMILES string of the molecule is CCCCCC[C@H]1C[C@H](CCCO[Si](C)(C)C(C)(C)C)O[C@@H](C(C)(C)C)O1. The van der Waals surface area contributed by atoms with Gasteiger partial charge in [-0.1, -0.05) is 74.1 Å². The van der Waals surface area contributed by atoms with Crippen LogP contribution in [0.25, 0.3) is 0 Å². The quantitative estimate of drug-likeness (QED) is 0.284. The number of hydrogen-bond acceptors (Lipinski definition) is 3. The topological polar surface area (TPSA) is 27.7 Å². The molecular formula is C23H48O3Si. The molecule has 162 valence electrons. The van der Waals surface area contributed by atoms with E-state index in [1.54, 1.807) is 0 Å². The van der Waals surface area contributed by atoms with Gasteiger partial charge in [0.1, 0.15) is 0 Å². The van der Waals surface area contributed by atoms with E-state index in [1.807, 2.05) is 0 Å². The number of hydrogen-bond donors (Lipinski definition) is 0. The normalized spacial score (nSPS) is 25.0. The molecule has 1 heterocycles. The Bertz CT molecular complexity index is 409. The van der Waals surface area contributed by atoms with Gasteiger partial charge in [-0.15, -0.1) is 0 Å². The number of ether oxygens (including phenoxy) is 2. The zero-order valence-electron chi connectivity index (χ0n) is 19.8. The van der Waals surface area contributed by atoms with E-state index in [2.05, 4.69) is 61.6 Å². The van der Waals surface area contributed by atoms with E-state index in [4.69, 9.17) is 13.9 Å². The molecule has 0 N–H and O–H groups in total. The third-order valence-electron chi connectivity index (χ3n) is 6.18. The molecule has 0 aromatic heterocycles. The van der Waals surface area contributed by atoms with Gasteiger partial charge >= 0.3 is 0 Å². The number of unbranched alkanes of at least 4 members (excludes halogenated alkanes) is 3. The maximum absolute atomic E-state index is 6.35. The second kappa shape index (κ2) is 10.8. The van der Waals surface area contributed by atoms with Crippen LogP contribution in [0.1, 0.15) is 99.8 Å². The average Bonchev–Trinajstić information content (AvgIpc) is 2.54. The first-order valence-electron chi connectivity index (χ1n) is 11.3. The minimum absolute atomic E-state index is 0.0258. The average molecular weight is 401 g/mol. The Morgan fingerprint density at radius 1 is 0.852 bits per heavy atom. The van der Waals surface area contributed by atoms with Crippen molar-refractivity contribution in [3.05, 3.63) is 0 Å². The Balaban J connectivity index is 2.49. The predicted octanol–water partition coefficient (Wildman–Crippen LogP) is 7.31. The molecule has 1 aliphatic heterocycles. The van der Waals surface area contributed by atoms with Crippen LogP contribution >= 0.6 is 0 Å². The zero-order valence-corrected chi connectivity index (χ0v) is 20.8. The van der Waals surface area contributed by atoms with Crippen molar-refractivity contribution in [2.24, 2.45) is 5.41 Å². The first-order valence-corrected chi connectivity index (χ1v) is 14.2. The standard InChI is InChI=1S/C23H48O3Si/c1-10-11-12-13-15-19-18-20(26-21(25-19)22(2,3)4)16-14-17-24-27(8,9)23(5,6)7/h19-21H,10-18H2,1-9H3/t19-,20-,21-/m0/s1. The van der Waals surface area contributed by atoms with Crippen LogP contribution in [0.15, 0.2) is 0 Å². The van der Waals surface area contributed by atoms with Gasteiger partial charge in [0.15, 0.2) is 14.6 Å². The highest BCUT2D eigenvalue weighted by Gasteiger charge is 2.38. The predicted molar refractivity (Wildman–Crippen MR) is 119 cm³/mol. The van der Waals surface area contributed by atoms with Crippen molar-refractivity contribution in [2.75, 3.05) is 6.61 Å². The van der Waals surface area contributed by atoms with Gasteiger partial charge in [-0.2, -0.15) is 0 Å². The molecule has 3 atom stereocenters.